The van der Waals surface area contributed by atoms with Crippen LogP contribution in [0.2, 0.25) is 0 Å². The van der Waals surface area contributed by atoms with Crippen molar-refractivity contribution < 1.29 is 13.2 Å². The second kappa shape index (κ2) is 3.51. The number of sulfonamides is 1. The Morgan fingerprint density at radius 1 is 1.47 bits per heavy atom. The molecule has 0 saturated carbocycles. The minimum absolute atomic E-state index is 0.0476. The van der Waals surface area contributed by atoms with Crippen LogP contribution >= 0.6 is 0 Å². The fourth-order valence-corrected chi connectivity index (χ4v) is 3.59. The summed E-state index contributed by atoms with van der Waals surface area (Å²) in [5.41, 5.74) is 4.67. The van der Waals surface area contributed by atoms with Gasteiger partial charge in [0.15, 0.2) is 5.03 Å². The maximum atomic E-state index is 12.2. The highest BCUT2D eigenvalue weighted by atomic mass is 32.2. The number of amides is 1. The number of nitrogens with zero attached hydrogens (tertiary/aromatic N) is 2. The largest absolute Gasteiger partial charge is 0.328 e. The Labute approximate surface area is 99.5 Å². The van der Waals surface area contributed by atoms with Gasteiger partial charge in [-0.3, -0.25) is 4.79 Å². The summed E-state index contributed by atoms with van der Waals surface area (Å²) in [6.45, 7) is 3.26. The molecule has 2 N–H and O–H groups in total. The van der Waals surface area contributed by atoms with Crippen LogP contribution in [0, 0.1) is 0 Å². The SMILES string of the molecule is CC(C)(CN)N1C(=O)c2cccnc2S1(=O)=O. The van der Waals surface area contributed by atoms with Crippen molar-refractivity contribution in [3.05, 3.63) is 23.9 Å². The molecule has 0 spiro atoms. The van der Waals surface area contributed by atoms with Crippen LogP contribution < -0.4 is 5.73 Å². The van der Waals surface area contributed by atoms with Crippen LogP contribution in [0.4, 0.5) is 0 Å². The lowest BCUT2D eigenvalue weighted by Crippen LogP contribution is -2.52. The zero-order valence-electron chi connectivity index (χ0n) is 9.54. The van der Waals surface area contributed by atoms with Crippen molar-refractivity contribution in [2.75, 3.05) is 6.54 Å². The minimum atomic E-state index is -3.87. The maximum absolute atomic E-state index is 12.2. The van der Waals surface area contributed by atoms with Crippen LogP contribution in [0.3, 0.4) is 0 Å². The quantitative estimate of drug-likeness (QED) is 0.800. The Balaban J connectivity index is 2.68. The molecule has 0 bridgehead atoms. The Hall–Kier alpha value is -1.47. The van der Waals surface area contributed by atoms with Gasteiger partial charge in [0.2, 0.25) is 0 Å². The standard InChI is InChI=1S/C10H13N3O3S/c1-10(2,6-11)13-9(14)7-4-3-5-12-8(7)17(13,15)16/h3-5H,6,11H2,1-2H3. The van der Waals surface area contributed by atoms with E-state index < -0.39 is 21.5 Å². The Bertz CT molecular complexity index is 580. The monoisotopic (exact) mass is 255 g/mol. The lowest BCUT2D eigenvalue weighted by atomic mass is 10.1. The molecule has 0 saturated heterocycles. The van der Waals surface area contributed by atoms with Gasteiger partial charge in [0.05, 0.1) is 11.1 Å². The summed E-state index contributed by atoms with van der Waals surface area (Å²) < 4.78 is 25.2. The van der Waals surface area contributed by atoms with Crippen molar-refractivity contribution in [3.63, 3.8) is 0 Å². The van der Waals surface area contributed by atoms with Crippen LogP contribution in [-0.2, 0) is 10.0 Å². The molecule has 17 heavy (non-hydrogen) atoms. The summed E-state index contributed by atoms with van der Waals surface area (Å²) >= 11 is 0. The van der Waals surface area contributed by atoms with Crippen molar-refractivity contribution in [1.29, 1.82) is 0 Å². The van der Waals surface area contributed by atoms with E-state index in [0.717, 1.165) is 4.31 Å². The number of rotatable bonds is 2. The predicted molar refractivity (Wildman–Crippen MR) is 60.7 cm³/mol. The van der Waals surface area contributed by atoms with Crippen LogP contribution in [0.1, 0.15) is 24.2 Å². The average molecular weight is 255 g/mol. The highest BCUT2D eigenvalue weighted by molar-refractivity contribution is 7.90. The van der Waals surface area contributed by atoms with Crippen LogP contribution in [0.15, 0.2) is 23.4 Å². The zero-order chi connectivity index (χ0) is 12.8. The molecule has 7 heteroatoms. The van der Waals surface area contributed by atoms with Crippen molar-refractivity contribution in [1.82, 2.24) is 9.29 Å². The minimum Gasteiger partial charge on any atom is -0.328 e. The highest BCUT2D eigenvalue weighted by Gasteiger charge is 2.49. The normalized spacial score (nSPS) is 18.3. The van der Waals surface area contributed by atoms with Gasteiger partial charge in [-0.2, -0.15) is 8.42 Å². The second-order valence-corrected chi connectivity index (χ2v) is 6.15. The van der Waals surface area contributed by atoms with E-state index in [4.69, 9.17) is 5.73 Å². The number of carbonyl (C=O) groups is 1. The zero-order valence-corrected chi connectivity index (χ0v) is 10.4. The molecule has 2 heterocycles. The van der Waals surface area contributed by atoms with E-state index in [9.17, 15) is 13.2 Å². The van der Waals surface area contributed by atoms with Crippen LogP contribution in [0.5, 0.6) is 0 Å². The Morgan fingerprint density at radius 3 is 2.65 bits per heavy atom. The maximum Gasteiger partial charge on any atom is 0.285 e. The van der Waals surface area contributed by atoms with E-state index in [-0.39, 0.29) is 17.1 Å². The molecule has 6 nitrogen and oxygen atoms in total. The number of carbonyl (C=O) groups excluding carboxylic acids is 1. The van der Waals surface area contributed by atoms with E-state index in [1.165, 1.54) is 18.3 Å². The van der Waals surface area contributed by atoms with Crippen molar-refractivity contribution >= 4 is 15.9 Å². The fourth-order valence-electron chi connectivity index (χ4n) is 1.75. The van der Waals surface area contributed by atoms with E-state index in [0.29, 0.717) is 0 Å². The highest BCUT2D eigenvalue weighted by Crippen LogP contribution is 2.33. The smallest absolute Gasteiger partial charge is 0.285 e. The molecule has 2 rings (SSSR count). The van der Waals surface area contributed by atoms with Gasteiger partial charge in [-0.1, -0.05) is 0 Å². The molecule has 1 amide bonds. The average Bonchev–Trinajstić information content (AvgIpc) is 2.48. The third-order valence-electron chi connectivity index (χ3n) is 2.72. The van der Waals surface area contributed by atoms with Gasteiger partial charge in [-0.25, -0.2) is 9.29 Å². The van der Waals surface area contributed by atoms with Crippen molar-refractivity contribution in [2.24, 2.45) is 5.73 Å². The number of fused-ring (bicyclic) bond motifs is 1. The molecule has 92 valence electrons. The van der Waals surface area contributed by atoms with Gasteiger partial charge in [0.25, 0.3) is 15.9 Å². The molecule has 0 fully saturated rings. The van der Waals surface area contributed by atoms with Gasteiger partial charge >= 0.3 is 0 Å². The first-order valence-corrected chi connectivity index (χ1v) is 6.51. The van der Waals surface area contributed by atoms with E-state index >= 15 is 0 Å². The molecular weight excluding hydrogens is 242 g/mol. The van der Waals surface area contributed by atoms with Gasteiger partial charge in [0.1, 0.15) is 0 Å². The van der Waals surface area contributed by atoms with Gasteiger partial charge in [-0.05, 0) is 26.0 Å². The lowest BCUT2D eigenvalue weighted by Gasteiger charge is -2.32. The molecular formula is C10H13N3O3S. The van der Waals surface area contributed by atoms with E-state index in [1.54, 1.807) is 13.8 Å². The summed E-state index contributed by atoms with van der Waals surface area (Å²) in [5.74, 6) is -0.566. The summed E-state index contributed by atoms with van der Waals surface area (Å²) in [6.07, 6.45) is 1.35. The lowest BCUT2D eigenvalue weighted by molar-refractivity contribution is 0.0778. The molecule has 0 aliphatic carbocycles. The summed E-state index contributed by atoms with van der Waals surface area (Å²) in [7, 11) is -3.87. The molecule has 0 radical (unpaired) electrons. The summed E-state index contributed by atoms with van der Waals surface area (Å²) in [5, 5.41) is -0.188. The third kappa shape index (κ3) is 1.54. The van der Waals surface area contributed by atoms with Crippen molar-refractivity contribution in [2.45, 2.75) is 24.4 Å². The number of aromatic nitrogens is 1. The number of nitrogens with two attached hydrogens (primary N) is 1. The topological polar surface area (TPSA) is 93.4 Å². The molecule has 0 aromatic carbocycles. The van der Waals surface area contributed by atoms with E-state index in [2.05, 4.69) is 4.98 Å². The molecule has 0 unspecified atom stereocenters. The van der Waals surface area contributed by atoms with Gasteiger partial charge in [-0.15, -0.1) is 0 Å². The number of hydrogen-bond acceptors (Lipinski definition) is 5. The summed E-state index contributed by atoms with van der Waals surface area (Å²) in [6, 6.07) is 2.99. The van der Waals surface area contributed by atoms with Gasteiger partial charge in [0, 0.05) is 12.7 Å². The second-order valence-electron chi connectivity index (χ2n) is 4.45. The molecule has 1 aliphatic rings. The number of pyridine rings is 1. The predicted octanol–water partition coefficient (Wildman–Crippen LogP) is -0.0366. The first kappa shape index (κ1) is 12.0. The number of hydrogen-bond donors (Lipinski definition) is 1. The Kier molecular flexibility index (Phi) is 2.48. The van der Waals surface area contributed by atoms with Crippen molar-refractivity contribution in [3.8, 4) is 0 Å². The third-order valence-corrected chi connectivity index (χ3v) is 4.67. The fraction of sp³-hybridized carbons (Fsp3) is 0.400. The molecule has 1 aromatic heterocycles. The Morgan fingerprint density at radius 2 is 2.12 bits per heavy atom. The first-order valence-electron chi connectivity index (χ1n) is 5.07. The molecule has 1 aromatic rings. The van der Waals surface area contributed by atoms with Crippen LogP contribution in [0.25, 0.3) is 0 Å². The summed E-state index contributed by atoms with van der Waals surface area (Å²) in [4.78, 5) is 15.8. The first-order chi connectivity index (χ1) is 7.82. The molecule has 0 atom stereocenters. The van der Waals surface area contributed by atoms with E-state index in [1.807, 2.05) is 0 Å². The van der Waals surface area contributed by atoms with Crippen LogP contribution in [-0.4, -0.2) is 35.7 Å². The molecule has 1 aliphatic heterocycles. The van der Waals surface area contributed by atoms with Gasteiger partial charge < -0.3 is 5.73 Å².